The van der Waals surface area contributed by atoms with Crippen LogP contribution in [0.25, 0.3) is 11.3 Å². The predicted octanol–water partition coefficient (Wildman–Crippen LogP) is 6.41. The Morgan fingerprint density at radius 1 is 1.17 bits per heavy atom. The highest BCUT2D eigenvalue weighted by Gasteiger charge is 2.12. The minimum atomic E-state index is 0.502. The van der Waals surface area contributed by atoms with E-state index in [2.05, 4.69) is 46.7 Å². The lowest BCUT2D eigenvalue weighted by molar-refractivity contribution is 0.277. The Hall–Kier alpha value is -2.57. The summed E-state index contributed by atoms with van der Waals surface area (Å²) in [6.45, 7) is 7.15. The molecule has 0 aliphatic rings. The summed E-state index contributed by atoms with van der Waals surface area (Å²) in [7, 11) is 0. The summed E-state index contributed by atoms with van der Waals surface area (Å²) in [6.07, 6.45) is 2.58. The molecule has 2 aromatic carbocycles. The summed E-state index contributed by atoms with van der Waals surface area (Å²) in [4.78, 5) is 4.58. The van der Waals surface area contributed by atoms with Crippen LogP contribution < -0.4 is 14.9 Å². The van der Waals surface area contributed by atoms with Gasteiger partial charge in [-0.3, -0.25) is 5.43 Å². The van der Waals surface area contributed by atoms with Gasteiger partial charge in [-0.25, -0.2) is 4.98 Å². The molecule has 1 N–H and O–H groups in total. The van der Waals surface area contributed by atoms with Crippen molar-refractivity contribution in [3.8, 4) is 22.8 Å². The van der Waals surface area contributed by atoms with Gasteiger partial charge < -0.3 is 9.47 Å². The van der Waals surface area contributed by atoms with Gasteiger partial charge in [0.2, 0.25) is 5.13 Å². The van der Waals surface area contributed by atoms with Crippen molar-refractivity contribution < 1.29 is 9.47 Å². The third kappa shape index (κ3) is 5.71. The minimum Gasteiger partial charge on any atom is -0.490 e. The molecule has 0 spiro atoms. The number of ether oxygens (including phenoxy) is 2. The lowest BCUT2D eigenvalue weighted by Crippen LogP contribution is -2.02. The van der Waals surface area contributed by atoms with E-state index in [-0.39, 0.29) is 0 Å². The Kier molecular flexibility index (Phi) is 7.49. The molecule has 3 aromatic rings. The van der Waals surface area contributed by atoms with Crippen molar-refractivity contribution in [2.45, 2.75) is 27.2 Å². The number of rotatable bonds is 9. The van der Waals surface area contributed by atoms with Crippen molar-refractivity contribution in [1.29, 1.82) is 0 Å². The summed E-state index contributed by atoms with van der Waals surface area (Å²) in [5, 5.41) is 7.51. The van der Waals surface area contributed by atoms with E-state index in [0.29, 0.717) is 29.7 Å². The molecule has 0 radical (unpaired) electrons. The van der Waals surface area contributed by atoms with E-state index in [1.165, 1.54) is 16.9 Å². The highest BCUT2D eigenvalue weighted by molar-refractivity contribution is 7.14. The Morgan fingerprint density at radius 2 is 1.97 bits per heavy atom. The molecule has 0 bridgehead atoms. The van der Waals surface area contributed by atoms with E-state index in [4.69, 9.17) is 21.1 Å². The molecule has 0 fully saturated rings. The van der Waals surface area contributed by atoms with E-state index >= 15 is 0 Å². The van der Waals surface area contributed by atoms with Gasteiger partial charge in [0.05, 0.1) is 30.1 Å². The second-order valence-corrected chi connectivity index (χ2v) is 7.65. The summed E-state index contributed by atoms with van der Waals surface area (Å²) in [5.74, 6) is 1.19. The maximum atomic E-state index is 6.39. The predicted molar refractivity (Wildman–Crippen MR) is 122 cm³/mol. The highest BCUT2D eigenvalue weighted by Crippen LogP contribution is 2.36. The number of nitrogens with zero attached hydrogens (tertiary/aromatic N) is 2. The van der Waals surface area contributed by atoms with E-state index in [0.717, 1.165) is 28.4 Å². The van der Waals surface area contributed by atoms with Crippen LogP contribution in [0.4, 0.5) is 5.13 Å². The van der Waals surface area contributed by atoms with Gasteiger partial charge in [-0.05, 0) is 38.0 Å². The third-order valence-electron chi connectivity index (χ3n) is 4.01. The first-order chi connectivity index (χ1) is 14.1. The normalized spacial score (nSPS) is 11.0. The maximum Gasteiger partial charge on any atom is 0.203 e. The van der Waals surface area contributed by atoms with Crippen molar-refractivity contribution in [3.05, 3.63) is 57.9 Å². The molecule has 0 aliphatic carbocycles. The summed E-state index contributed by atoms with van der Waals surface area (Å²) < 4.78 is 11.4. The van der Waals surface area contributed by atoms with E-state index in [1.54, 1.807) is 12.3 Å². The average molecular weight is 430 g/mol. The first-order valence-electron chi connectivity index (χ1n) is 9.51. The monoisotopic (exact) mass is 429 g/mol. The number of hydrogen-bond donors (Lipinski definition) is 1. The second-order valence-electron chi connectivity index (χ2n) is 6.39. The van der Waals surface area contributed by atoms with Crippen LogP contribution in [0.15, 0.2) is 46.9 Å². The number of thiazole rings is 1. The first-order valence-corrected chi connectivity index (χ1v) is 10.8. The maximum absolute atomic E-state index is 6.39. The molecule has 0 unspecified atom stereocenters. The van der Waals surface area contributed by atoms with E-state index in [1.807, 2.05) is 25.3 Å². The van der Waals surface area contributed by atoms with Crippen molar-refractivity contribution in [3.63, 3.8) is 0 Å². The molecule has 5 nitrogen and oxygen atoms in total. The molecule has 7 heteroatoms. The average Bonchev–Trinajstić information content (AvgIpc) is 3.17. The number of halogens is 1. The van der Waals surface area contributed by atoms with Crippen molar-refractivity contribution in [1.82, 2.24) is 4.98 Å². The molecule has 0 amide bonds. The van der Waals surface area contributed by atoms with Crippen LogP contribution >= 0.6 is 22.9 Å². The van der Waals surface area contributed by atoms with Crippen molar-refractivity contribution in [2.75, 3.05) is 18.6 Å². The quantitative estimate of drug-likeness (QED) is 0.315. The van der Waals surface area contributed by atoms with Gasteiger partial charge in [-0.1, -0.05) is 48.4 Å². The molecule has 1 heterocycles. The van der Waals surface area contributed by atoms with Crippen LogP contribution in [0.3, 0.4) is 0 Å². The van der Waals surface area contributed by atoms with Gasteiger partial charge in [0, 0.05) is 10.9 Å². The lowest BCUT2D eigenvalue weighted by Gasteiger charge is -2.13. The smallest absolute Gasteiger partial charge is 0.203 e. The van der Waals surface area contributed by atoms with Gasteiger partial charge in [0.15, 0.2) is 11.5 Å². The van der Waals surface area contributed by atoms with Gasteiger partial charge in [-0.2, -0.15) is 5.10 Å². The summed E-state index contributed by atoms with van der Waals surface area (Å²) >= 11 is 7.89. The molecular formula is C22H24ClN3O2S. The number of nitrogens with one attached hydrogen (secondary N) is 1. The van der Waals surface area contributed by atoms with Crippen LogP contribution in [-0.2, 0) is 0 Å². The number of hydrazone groups is 1. The largest absolute Gasteiger partial charge is 0.490 e. The van der Waals surface area contributed by atoms with Crippen LogP contribution in [0, 0.1) is 6.92 Å². The molecule has 152 valence electrons. The minimum absolute atomic E-state index is 0.502. The standard InChI is InChI=1S/C22H24ClN3O2S/c1-4-10-28-21-18(23)11-16(12-20(21)27-5-2)13-24-26-22-25-19(14-29-22)17-8-6-15(3)7-9-17/h6-9,11-14H,4-5,10H2,1-3H3,(H,25,26)/b24-13-. The van der Waals surface area contributed by atoms with Crippen LogP contribution in [0.5, 0.6) is 11.5 Å². The van der Waals surface area contributed by atoms with Gasteiger partial charge >= 0.3 is 0 Å². The van der Waals surface area contributed by atoms with Gasteiger partial charge in [0.25, 0.3) is 0 Å². The van der Waals surface area contributed by atoms with Crippen LogP contribution in [0.1, 0.15) is 31.4 Å². The molecule has 0 atom stereocenters. The number of hydrogen-bond acceptors (Lipinski definition) is 6. The fourth-order valence-electron chi connectivity index (χ4n) is 2.61. The zero-order valence-electron chi connectivity index (χ0n) is 16.7. The Morgan fingerprint density at radius 3 is 2.69 bits per heavy atom. The number of anilines is 1. The fourth-order valence-corrected chi connectivity index (χ4v) is 3.56. The Bertz CT molecular complexity index is 971. The number of aryl methyl sites for hydroxylation is 1. The molecule has 29 heavy (non-hydrogen) atoms. The lowest BCUT2D eigenvalue weighted by atomic mass is 10.1. The third-order valence-corrected chi connectivity index (χ3v) is 5.04. The molecular weight excluding hydrogens is 406 g/mol. The van der Waals surface area contributed by atoms with Gasteiger partial charge in [0.1, 0.15) is 0 Å². The fraction of sp³-hybridized carbons (Fsp3) is 0.273. The SMILES string of the molecule is CCCOc1c(Cl)cc(/C=N\Nc2nc(-c3ccc(C)cc3)cs2)cc1OCC. The summed E-state index contributed by atoms with van der Waals surface area (Å²) in [6, 6.07) is 12.0. The van der Waals surface area contributed by atoms with E-state index < -0.39 is 0 Å². The van der Waals surface area contributed by atoms with Crippen molar-refractivity contribution >= 4 is 34.3 Å². The van der Waals surface area contributed by atoms with Crippen LogP contribution in [-0.4, -0.2) is 24.4 Å². The molecule has 0 saturated heterocycles. The Labute approximate surface area is 180 Å². The zero-order chi connectivity index (χ0) is 20.6. The zero-order valence-corrected chi connectivity index (χ0v) is 18.3. The van der Waals surface area contributed by atoms with Crippen molar-refractivity contribution in [2.24, 2.45) is 5.10 Å². The van der Waals surface area contributed by atoms with Crippen LogP contribution in [0.2, 0.25) is 5.02 Å². The topological polar surface area (TPSA) is 55.7 Å². The highest BCUT2D eigenvalue weighted by atomic mass is 35.5. The number of benzene rings is 2. The molecule has 0 saturated carbocycles. The summed E-state index contributed by atoms with van der Waals surface area (Å²) in [5.41, 5.74) is 7.02. The van der Waals surface area contributed by atoms with E-state index in [9.17, 15) is 0 Å². The van der Waals surface area contributed by atoms with Gasteiger partial charge in [-0.15, -0.1) is 11.3 Å². The molecule has 0 aliphatic heterocycles. The molecule has 3 rings (SSSR count). The second kappa shape index (κ2) is 10.3. The molecule has 1 aromatic heterocycles. The first kappa shape index (κ1) is 21.1. The number of aromatic nitrogens is 1. The Balaban J connectivity index is 1.70.